The molecule has 1 aliphatic rings. The highest BCUT2D eigenvalue weighted by atomic mass is 16.2. The minimum absolute atomic E-state index is 0.0515. The van der Waals surface area contributed by atoms with Crippen LogP contribution < -0.4 is 10.6 Å². The van der Waals surface area contributed by atoms with Gasteiger partial charge in [0.15, 0.2) is 0 Å². The van der Waals surface area contributed by atoms with Crippen molar-refractivity contribution in [2.75, 3.05) is 13.1 Å². The van der Waals surface area contributed by atoms with Crippen LogP contribution in [-0.4, -0.2) is 29.0 Å². The first-order valence-corrected chi connectivity index (χ1v) is 5.77. The Morgan fingerprint density at radius 3 is 3.19 bits per heavy atom. The average molecular weight is 222 g/mol. The van der Waals surface area contributed by atoms with Gasteiger partial charge in [0.05, 0.1) is 12.0 Å². The number of hydrogen-bond donors (Lipinski definition) is 3. The smallest absolute Gasteiger partial charge is 0.224 e. The van der Waals surface area contributed by atoms with Gasteiger partial charge >= 0.3 is 0 Å². The van der Waals surface area contributed by atoms with Crippen molar-refractivity contribution in [2.24, 2.45) is 5.92 Å². The second-order valence-corrected chi connectivity index (χ2v) is 4.25. The Morgan fingerprint density at radius 2 is 2.56 bits per heavy atom. The minimum atomic E-state index is -0.0515. The maximum absolute atomic E-state index is 11.9. The summed E-state index contributed by atoms with van der Waals surface area (Å²) < 4.78 is 0. The van der Waals surface area contributed by atoms with Crippen LogP contribution in [0.4, 0.5) is 0 Å². The number of piperidine rings is 1. The first-order chi connectivity index (χ1) is 7.77. The number of aromatic nitrogens is 2. The summed E-state index contributed by atoms with van der Waals surface area (Å²) in [7, 11) is 0. The van der Waals surface area contributed by atoms with Crippen molar-refractivity contribution in [3.05, 3.63) is 18.2 Å². The molecule has 1 aliphatic heterocycles. The molecule has 2 rings (SSSR count). The van der Waals surface area contributed by atoms with Crippen LogP contribution in [0, 0.1) is 5.92 Å². The van der Waals surface area contributed by atoms with E-state index in [1.165, 1.54) is 0 Å². The average Bonchev–Trinajstić information content (AvgIpc) is 2.83. The van der Waals surface area contributed by atoms with E-state index in [0.29, 0.717) is 0 Å². The van der Waals surface area contributed by atoms with E-state index in [1.54, 1.807) is 12.4 Å². The van der Waals surface area contributed by atoms with Crippen LogP contribution in [0.3, 0.4) is 0 Å². The number of rotatable bonds is 3. The number of H-pyrrole nitrogens is 1. The molecule has 2 heterocycles. The lowest BCUT2D eigenvalue weighted by Crippen LogP contribution is -2.41. The molecule has 0 spiro atoms. The number of hydrogen-bond acceptors (Lipinski definition) is 3. The van der Waals surface area contributed by atoms with E-state index in [-0.39, 0.29) is 17.9 Å². The van der Waals surface area contributed by atoms with Crippen LogP contribution in [0.2, 0.25) is 0 Å². The Balaban J connectivity index is 1.86. The summed E-state index contributed by atoms with van der Waals surface area (Å²) >= 11 is 0. The van der Waals surface area contributed by atoms with Gasteiger partial charge in [-0.1, -0.05) is 0 Å². The standard InChI is InChI=1S/C11H18N4O/c1-8(10-13-5-6-14-10)15-11(16)9-3-2-4-12-7-9/h5-6,8-9,12H,2-4,7H2,1H3,(H,13,14)(H,15,16)/t8?,9-/m1/s1. The first-order valence-electron chi connectivity index (χ1n) is 5.77. The summed E-state index contributed by atoms with van der Waals surface area (Å²) in [6.07, 6.45) is 5.51. The summed E-state index contributed by atoms with van der Waals surface area (Å²) in [5.41, 5.74) is 0. The molecule has 1 saturated heterocycles. The fourth-order valence-electron chi connectivity index (χ4n) is 1.99. The summed E-state index contributed by atoms with van der Waals surface area (Å²) in [4.78, 5) is 19.0. The Labute approximate surface area is 95.0 Å². The molecule has 2 atom stereocenters. The highest BCUT2D eigenvalue weighted by Crippen LogP contribution is 2.12. The number of imidazole rings is 1. The van der Waals surface area contributed by atoms with E-state index in [2.05, 4.69) is 20.6 Å². The van der Waals surface area contributed by atoms with Gasteiger partial charge in [0.25, 0.3) is 0 Å². The molecule has 1 unspecified atom stereocenters. The van der Waals surface area contributed by atoms with Gasteiger partial charge < -0.3 is 15.6 Å². The van der Waals surface area contributed by atoms with Gasteiger partial charge in [0.2, 0.25) is 5.91 Å². The van der Waals surface area contributed by atoms with Gasteiger partial charge in [0, 0.05) is 18.9 Å². The van der Waals surface area contributed by atoms with E-state index < -0.39 is 0 Å². The Kier molecular flexibility index (Phi) is 3.56. The minimum Gasteiger partial charge on any atom is -0.347 e. The topological polar surface area (TPSA) is 69.8 Å². The lowest BCUT2D eigenvalue weighted by molar-refractivity contribution is -0.126. The van der Waals surface area contributed by atoms with E-state index in [1.807, 2.05) is 6.92 Å². The highest BCUT2D eigenvalue weighted by molar-refractivity contribution is 5.79. The van der Waals surface area contributed by atoms with E-state index in [0.717, 1.165) is 31.8 Å². The van der Waals surface area contributed by atoms with Crippen molar-refractivity contribution in [1.82, 2.24) is 20.6 Å². The van der Waals surface area contributed by atoms with E-state index in [9.17, 15) is 4.79 Å². The predicted octanol–water partition coefficient (Wildman–Crippen LogP) is 0.586. The molecule has 0 saturated carbocycles. The van der Waals surface area contributed by atoms with Crippen molar-refractivity contribution < 1.29 is 4.79 Å². The van der Waals surface area contributed by atoms with Crippen LogP contribution in [-0.2, 0) is 4.79 Å². The molecule has 1 aromatic rings. The van der Waals surface area contributed by atoms with Gasteiger partial charge in [-0.05, 0) is 26.3 Å². The quantitative estimate of drug-likeness (QED) is 0.701. The van der Waals surface area contributed by atoms with Crippen molar-refractivity contribution in [3.63, 3.8) is 0 Å². The van der Waals surface area contributed by atoms with Crippen molar-refractivity contribution in [3.8, 4) is 0 Å². The number of nitrogens with zero attached hydrogens (tertiary/aromatic N) is 1. The molecule has 88 valence electrons. The molecule has 1 aromatic heterocycles. The molecular weight excluding hydrogens is 204 g/mol. The normalized spacial score (nSPS) is 22.7. The number of amides is 1. The maximum atomic E-state index is 11.9. The summed E-state index contributed by atoms with van der Waals surface area (Å²) in [6.45, 7) is 3.75. The summed E-state index contributed by atoms with van der Waals surface area (Å²) in [5.74, 6) is 1.03. The second kappa shape index (κ2) is 5.12. The van der Waals surface area contributed by atoms with Gasteiger partial charge in [-0.15, -0.1) is 0 Å². The Morgan fingerprint density at radius 1 is 1.69 bits per heavy atom. The van der Waals surface area contributed by atoms with E-state index >= 15 is 0 Å². The maximum Gasteiger partial charge on any atom is 0.224 e. The van der Waals surface area contributed by atoms with Gasteiger partial charge in [0.1, 0.15) is 5.82 Å². The number of nitrogens with one attached hydrogen (secondary N) is 3. The summed E-state index contributed by atoms with van der Waals surface area (Å²) in [5, 5.41) is 6.22. The third-order valence-electron chi connectivity index (χ3n) is 2.96. The van der Waals surface area contributed by atoms with E-state index in [4.69, 9.17) is 0 Å². The van der Waals surface area contributed by atoms with Crippen LogP contribution in [0.5, 0.6) is 0 Å². The van der Waals surface area contributed by atoms with Crippen LogP contribution in [0.15, 0.2) is 12.4 Å². The van der Waals surface area contributed by atoms with Gasteiger partial charge in [-0.25, -0.2) is 4.98 Å². The molecule has 0 aliphatic carbocycles. The van der Waals surface area contributed by atoms with Gasteiger partial charge in [-0.3, -0.25) is 4.79 Å². The molecule has 1 amide bonds. The Bertz CT molecular complexity index is 330. The largest absolute Gasteiger partial charge is 0.347 e. The lowest BCUT2D eigenvalue weighted by Gasteiger charge is -2.23. The van der Waals surface area contributed by atoms with Gasteiger partial charge in [-0.2, -0.15) is 0 Å². The monoisotopic (exact) mass is 222 g/mol. The molecule has 5 heteroatoms. The zero-order chi connectivity index (χ0) is 11.4. The summed E-state index contributed by atoms with van der Waals surface area (Å²) in [6, 6.07) is -0.0515. The lowest BCUT2D eigenvalue weighted by atomic mass is 9.98. The highest BCUT2D eigenvalue weighted by Gasteiger charge is 2.22. The number of carbonyl (C=O) groups excluding carboxylic acids is 1. The zero-order valence-electron chi connectivity index (χ0n) is 9.49. The molecule has 3 N–H and O–H groups in total. The fourth-order valence-corrected chi connectivity index (χ4v) is 1.99. The van der Waals surface area contributed by atoms with Crippen LogP contribution >= 0.6 is 0 Å². The second-order valence-electron chi connectivity index (χ2n) is 4.25. The zero-order valence-corrected chi connectivity index (χ0v) is 9.49. The molecule has 0 bridgehead atoms. The fraction of sp³-hybridized carbons (Fsp3) is 0.636. The number of aromatic amines is 1. The van der Waals surface area contributed by atoms with Crippen molar-refractivity contribution in [1.29, 1.82) is 0 Å². The predicted molar refractivity (Wildman–Crippen MR) is 60.7 cm³/mol. The molecule has 0 aromatic carbocycles. The third-order valence-corrected chi connectivity index (χ3v) is 2.96. The van der Waals surface area contributed by atoms with Crippen LogP contribution in [0.25, 0.3) is 0 Å². The Hall–Kier alpha value is -1.36. The molecule has 16 heavy (non-hydrogen) atoms. The van der Waals surface area contributed by atoms with Crippen molar-refractivity contribution >= 4 is 5.91 Å². The SMILES string of the molecule is CC(NC(=O)[C@@H]1CCCNC1)c1ncc[nH]1. The molecule has 1 fully saturated rings. The van der Waals surface area contributed by atoms with Crippen LogP contribution in [0.1, 0.15) is 31.6 Å². The van der Waals surface area contributed by atoms with Crippen molar-refractivity contribution in [2.45, 2.75) is 25.8 Å². The number of carbonyl (C=O) groups is 1. The molecule has 5 nitrogen and oxygen atoms in total. The molecule has 0 radical (unpaired) electrons. The molecular formula is C11H18N4O. The first kappa shape index (κ1) is 11.1. The third kappa shape index (κ3) is 2.61.